The van der Waals surface area contributed by atoms with Crippen molar-refractivity contribution in [2.75, 3.05) is 18.0 Å². The number of aromatic amines is 1. The van der Waals surface area contributed by atoms with E-state index < -0.39 is 5.91 Å². The predicted octanol–water partition coefficient (Wildman–Crippen LogP) is 2.04. The molecule has 0 unspecified atom stereocenters. The summed E-state index contributed by atoms with van der Waals surface area (Å²) in [4.78, 5) is 25.5. The maximum Gasteiger partial charge on any atom is 0.286 e. The summed E-state index contributed by atoms with van der Waals surface area (Å²) in [5.74, 6) is 0.312. The van der Waals surface area contributed by atoms with Gasteiger partial charge in [-0.3, -0.25) is 4.79 Å². The van der Waals surface area contributed by atoms with Crippen molar-refractivity contribution in [3.63, 3.8) is 0 Å². The summed E-state index contributed by atoms with van der Waals surface area (Å²) in [7, 11) is 0. The fraction of sp³-hybridized carbons (Fsp3) is 0.350. The van der Waals surface area contributed by atoms with Crippen molar-refractivity contribution in [3.8, 4) is 0 Å². The molecule has 1 atom stereocenters. The summed E-state index contributed by atoms with van der Waals surface area (Å²) >= 11 is 0. The number of hydrogen-bond acceptors (Lipinski definition) is 5. The number of hydrogen-bond donors (Lipinski definition) is 3. The van der Waals surface area contributed by atoms with E-state index in [4.69, 9.17) is 5.73 Å². The molecule has 3 heterocycles. The number of fused-ring (bicyclic) bond motifs is 1. The van der Waals surface area contributed by atoms with E-state index in [-0.39, 0.29) is 5.82 Å². The SMILES string of the molecule is Cc1nc(C(N)=O)nc(N2CC[C@@H](NCc3ccc4[nH]ccc4c3)C2)c1C. The van der Waals surface area contributed by atoms with Crippen LogP contribution in [0.15, 0.2) is 30.5 Å². The third-order valence-electron chi connectivity index (χ3n) is 5.28. The Hall–Kier alpha value is -2.93. The quantitative estimate of drug-likeness (QED) is 0.643. The molecule has 1 amide bonds. The predicted molar refractivity (Wildman–Crippen MR) is 106 cm³/mol. The Morgan fingerprint density at radius 3 is 3.00 bits per heavy atom. The highest BCUT2D eigenvalue weighted by atomic mass is 16.1. The molecule has 4 rings (SSSR count). The first-order valence-corrected chi connectivity index (χ1v) is 9.20. The third kappa shape index (κ3) is 3.50. The van der Waals surface area contributed by atoms with Crippen molar-refractivity contribution in [1.29, 1.82) is 0 Å². The molecule has 0 aliphatic carbocycles. The lowest BCUT2D eigenvalue weighted by atomic mass is 10.1. The van der Waals surface area contributed by atoms with Gasteiger partial charge in [0.2, 0.25) is 5.82 Å². The zero-order valence-electron chi connectivity index (χ0n) is 15.6. The summed E-state index contributed by atoms with van der Waals surface area (Å²) in [6.07, 6.45) is 2.99. The minimum atomic E-state index is -0.589. The van der Waals surface area contributed by atoms with E-state index in [2.05, 4.69) is 49.4 Å². The molecule has 0 spiro atoms. The van der Waals surface area contributed by atoms with E-state index in [1.807, 2.05) is 20.0 Å². The smallest absolute Gasteiger partial charge is 0.286 e. The van der Waals surface area contributed by atoms with Gasteiger partial charge < -0.3 is 20.9 Å². The van der Waals surface area contributed by atoms with Crippen molar-refractivity contribution in [1.82, 2.24) is 20.3 Å². The van der Waals surface area contributed by atoms with Gasteiger partial charge in [-0.05, 0) is 49.4 Å². The number of carbonyl (C=O) groups is 1. The molecule has 1 aliphatic rings. The Morgan fingerprint density at radius 2 is 2.19 bits per heavy atom. The van der Waals surface area contributed by atoms with E-state index in [0.29, 0.717) is 6.04 Å². The minimum absolute atomic E-state index is 0.0873. The molecular formula is C20H24N6O. The van der Waals surface area contributed by atoms with Crippen LogP contribution in [0.1, 0.15) is 33.9 Å². The van der Waals surface area contributed by atoms with Gasteiger partial charge in [-0.15, -0.1) is 0 Å². The molecule has 4 N–H and O–H groups in total. The summed E-state index contributed by atoms with van der Waals surface area (Å²) in [6, 6.07) is 8.94. The molecule has 1 aromatic carbocycles. The van der Waals surface area contributed by atoms with E-state index in [0.717, 1.165) is 48.6 Å². The van der Waals surface area contributed by atoms with Crippen LogP contribution in [0.4, 0.5) is 5.82 Å². The maximum absolute atomic E-state index is 11.5. The molecule has 2 aromatic heterocycles. The maximum atomic E-state index is 11.5. The van der Waals surface area contributed by atoms with Crippen LogP contribution >= 0.6 is 0 Å². The summed E-state index contributed by atoms with van der Waals surface area (Å²) in [5, 5.41) is 4.87. The van der Waals surface area contributed by atoms with E-state index in [9.17, 15) is 4.79 Å². The number of nitrogens with zero attached hydrogens (tertiary/aromatic N) is 3. The van der Waals surface area contributed by atoms with Crippen LogP contribution in [0.25, 0.3) is 10.9 Å². The Kier molecular flexibility index (Phi) is 4.53. The number of amides is 1. The molecule has 140 valence electrons. The number of H-pyrrole nitrogens is 1. The van der Waals surface area contributed by atoms with Crippen LogP contribution in [0, 0.1) is 13.8 Å². The first-order chi connectivity index (χ1) is 13.0. The fourth-order valence-electron chi connectivity index (χ4n) is 3.63. The average Bonchev–Trinajstić information content (AvgIpc) is 3.30. The molecule has 7 nitrogen and oxygen atoms in total. The standard InChI is InChI=1S/C20H24N6O/c1-12-13(2)24-19(18(21)27)25-20(12)26-8-6-16(11-26)23-10-14-3-4-17-15(9-14)5-7-22-17/h3-5,7,9,16,22-23H,6,8,10-11H2,1-2H3,(H2,21,27)/t16-/m1/s1. The Labute approximate surface area is 158 Å². The summed E-state index contributed by atoms with van der Waals surface area (Å²) in [5.41, 5.74) is 9.60. The zero-order chi connectivity index (χ0) is 19.0. The minimum Gasteiger partial charge on any atom is -0.363 e. The number of primary amides is 1. The number of nitrogens with one attached hydrogen (secondary N) is 2. The van der Waals surface area contributed by atoms with Gasteiger partial charge in [-0.25, -0.2) is 9.97 Å². The molecule has 0 radical (unpaired) electrons. The monoisotopic (exact) mass is 364 g/mol. The van der Waals surface area contributed by atoms with E-state index in [1.165, 1.54) is 10.9 Å². The van der Waals surface area contributed by atoms with Crippen molar-refractivity contribution < 1.29 is 4.79 Å². The fourth-order valence-corrected chi connectivity index (χ4v) is 3.63. The van der Waals surface area contributed by atoms with Crippen molar-refractivity contribution in [2.45, 2.75) is 32.9 Å². The van der Waals surface area contributed by atoms with Crippen LogP contribution in [-0.4, -0.2) is 40.0 Å². The van der Waals surface area contributed by atoms with Crippen LogP contribution < -0.4 is 16.0 Å². The number of nitrogens with two attached hydrogens (primary N) is 1. The van der Waals surface area contributed by atoms with E-state index in [1.54, 1.807) is 0 Å². The number of aromatic nitrogens is 3. The topological polar surface area (TPSA) is 99.9 Å². The molecule has 27 heavy (non-hydrogen) atoms. The third-order valence-corrected chi connectivity index (χ3v) is 5.28. The van der Waals surface area contributed by atoms with Crippen LogP contribution in [-0.2, 0) is 6.54 Å². The van der Waals surface area contributed by atoms with Crippen molar-refractivity contribution >= 4 is 22.6 Å². The lowest BCUT2D eigenvalue weighted by molar-refractivity contribution is 0.0990. The molecule has 1 saturated heterocycles. The number of anilines is 1. The first-order valence-electron chi connectivity index (χ1n) is 9.20. The highest BCUT2D eigenvalue weighted by molar-refractivity contribution is 5.89. The van der Waals surface area contributed by atoms with Gasteiger partial charge in [0.05, 0.1) is 0 Å². The van der Waals surface area contributed by atoms with Crippen LogP contribution in [0.3, 0.4) is 0 Å². The Bertz CT molecular complexity index is 995. The molecule has 0 saturated carbocycles. The molecule has 1 aliphatic heterocycles. The van der Waals surface area contributed by atoms with Gasteiger partial charge in [-0.1, -0.05) is 6.07 Å². The van der Waals surface area contributed by atoms with Crippen molar-refractivity contribution in [2.24, 2.45) is 5.73 Å². The summed E-state index contributed by atoms with van der Waals surface area (Å²) in [6.45, 7) is 6.44. The van der Waals surface area contributed by atoms with Gasteiger partial charge in [-0.2, -0.15) is 0 Å². The molecular weight excluding hydrogens is 340 g/mol. The van der Waals surface area contributed by atoms with Crippen LogP contribution in [0.2, 0.25) is 0 Å². The summed E-state index contributed by atoms with van der Waals surface area (Å²) < 4.78 is 0. The zero-order valence-corrected chi connectivity index (χ0v) is 15.6. The molecule has 0 bridgehead atoms. The first kappa shape index (κ1) is 17.5. The van der Waals surface area contributed by atoms with Gasteiger partial charge in [0.1, 0.15) is 5.82 Å². The largest absolute Gasteiger partial charge is 0.363 e. The number of aryl methyl sites for hydroxylation is 1. The van der Waals surface area contributed by atoms with Gasteiger partial charge in [0.15, 0.2) is 0 Å². The Balaban J connectivity index is 1.43. The van der Waals surface area contributed by atoms with Crippen LogP contribution in [0.5, 0.6) is 0 Å². The van der Waals surface area contributed by atoms with Gasteiger partial charge in [0, 0.05) is 48.6 Å². The number of carbonyl (C=O) groups excluding carboxylic acids is 1. The lowest BCUT2D eigenvalue weighted by Gasteiger charge is -2.21. The number of rotatable bonds is 5. The highest BCUT2D eigenvalue weighted by Crippen LogP contribution is 2.24. The van der Waals surface area contributed by atoms with Crippen molar-refractivity contribution in [3.05, 3.63) is 53.1 Å². The highest BCUT2D eigenvalue weighted by Gasteiger charge is 2.26. The van der Waals surface area contributed by atoms with E-state index >= 15 is 0 Å². The second-order valence-electron chi connectivity index (χ2n) is 7.16. The average molecular weight is 364 g/mol. The normalized spacial score (nSPS) is 17.0. The molecule has 3 aromatic rings. The lowest BCUT2D eigenvalue weighted by Crippen LogP contribution is -2.33. The Morgan fingerprint density at radius 1 is 1.33 bits per heavy atom. The number of benzene rings is 1. The molecule has 1 fully saturated rings. The van der Waals surface area contributed by atoms with Gasteiger partial charge >= 0.3 is 0 Å². The molecule has 7 heteroatoms. The van der Waals surface area contributed by atoms with Gasteiger partial charge in [0.25, 0.3) is 5.91 Å². The second-order valence-corrected chi connectivity index (χ2v) is 7.16. The second kappa shape index (κ2) is 7.00.